The van der Waals surface area contributed by atoms with Crippen molar-refractivity contribution in [2.75, 3.05) is 13.1 Å². The summed E-state index contributed by atoms with van der Waals surface area (Å²) in [6.07, 6.45) is 5.98. The molecule has 0 atom stereocenters. The predicted molar refractivity (Wildman–Crippen MR) is 70.5 cm³/mol. The van der Waals surface area contributed by atoms with E-state index in [1.165, 1.54) is 18.7 Å². The molecule has 0 bridgehead atoms. The van der Waals surface area contributed by atoms with Crippen molar-refractivity contribution in [3.8, 4) is 0 Å². The van der Waals surface area contributed by atoms with Gasteiger partial charge in [-0.2, -0.15) is 0 Å². The molecule has 1 aromatic rings. The van der Waals surface area contributed by atoms with Crippen LogP contribution in [0.4, 0.5) is 0 Å². The summed E-state index contributed by atoms with van der Waals surface area (Å²) in [5.41, 5.74) is 0.510. The predicted octanol–water partition coefficient (Wildman–Crippen LogP) is 1.55. The molecule has 1 saturated heterocycles. The second kappa shape index (κ2) is 5.91. The van der Waals surface area contributed by atoms with Gasteiger partial charge in [0, 0.05) is 37.3 Å². The minimum absolute atomic E-state index is 0.0453. The van der Waals surface area contributed by atoms with Gasteiger partial charge in [-0.3, -0.25) is 9.59 Å². The Kier molecular flexibility index (Phi) is 4.24. The lowest BCUT2D eigenvalue weighted by Crippen LogP contribution is -2.41. The summed E-state index contributed by atoms with van der Waals surface area (Å²) in [4.78, 5) is 33.6. The molecular weight excluding hydrogens is 242 g/mol. The average Bonchev–Trinajstić information content (AvgIpc) is 2.46. The minimum Gasteiger partial charge on any atom is -0.339 e. The van der Waals surface area contributed by atoms with Crippen molar-refractivity contribution >= 4 is 11.7 Å². The molecule has 102 valence electrons. The van der Waals surface area contributed by atoms with Gasteiger partial charge in [-0.1, -0.05) is 13.8 Å². The van der Waals surface area contributed by atoms with E-state index in [1.807, 2.05) is 13.8 Å². The van der Waals surface area contributed by atoms with Crippen LogP contribution in [0.15, 0.2) is 18.7 Å². The summed E-state index contributed by atoms with van der Waals surface area (Å²) in [6.45, 7) is 5.13. The van der Waals surface area contributed by atoms with Crippen molar-refractivity contribution in [2.24, 2.45) is 11.8 Å². The van der Waals surface area contributed by atoms with Gasteiger partial charge in [0.1, 0.15) is 12.1 Å². The fourth-order valence-corrected chi connectivity index (χ4v) is 2.43. The minimum atomic E-state index is -0.0453. The van der Waals surface area contributed by atoms with Crippen LogP contribution >= 0.6 is 0 Å². The number of nitrogens with zero attached hydrogens (tertiary/aromatic N) is 3. The van der Waals surface area contributed by atoms with E-state index >= 15 is 0 Å². The number of hydrogen-bond acceptors (Lipinski definition) is 4. The first-order valence-electron chi connectivity index (χ1n) is 6.67. The number of carbonyl (C=O) groups is 2. The van der Waals surface area contributed by atoms with Crippen molar-refractivity contribution in [2.45, 2.75) is 26.7 Å². The zero-order valence-electron chi connectivity index (χ0n) is 11.4. The van der Waals surface area contributed by atoms with Crippen LogP contribution in [0.3, 0.4) is 0 Å². The molecule has 1 amide bonds. The van der Waals surface area contributed by atoms with Crippen LogP contribution in [0.25, 0.3) is 0 Å². The van der Waals surface area contributed by atoms with E-state index in [4.69, 9.17) is 0 Å². The van der Waals surface area contributed by atoms with Gasteiger partial charge in [0.05, 0.1) is 5.56 Å². The van der Waals surface area contributed by atoms with Crippen LogP contribution in [0.2, 0.25) is 0 Å². The van der Waals surface area contributed by atoms with Crippen molar-refractivity contribution in [3.63, 3.8) is 0 Å². The third kappa shape index (κ3) is 3.16. The monoisotopic (exact) mass is 261 g/mol. The lowest BCUT2D eigenvalue weighted by molar-refractivity contribution is -0.127. The lowest BCUT2D eigenvalue weighted by Gasteiger charge is -2.31. The Labute approximate surface area is 113 Å². The average molecular weight is 261 g/mol. The highest BCUT2D eigenvalue weighted by Crippen LogP contribution is 2.22. The van der Waals surface area contributed by atoms with Crippen LogP contribution in [-0.2, 0) is 4.79 Å². The first kappa shape index (κ1) is 13.6. The Morgan fingerprint density at radius 2 is 1.79 bits per heavy atom. The van der Waals surface area contributed by atoms with E-state index in [0.29, 0.717) is 24.4 Å². The third-order valence-corrected chi connectivity index (χ3v) is 3.56. The summed E-state index contributed by atoms with van der Waals surface area (Å²) in [7, 11) is 0. The molecule has 1 aliphatic heterocycles. The first-order chi connectivity index (χ1) is 9.09. The van der Waals surface area contributed by atoms with E-state index in [1.54, 1.807) is 4.90 Å². The molecule has 0 unspecified atom stereocenters. The summed E-state index contributed by atoms with van der Waals surface area (Å²) in [5.74, 6) is 0.456. The molecule has 2 heterocycles. The molecule has 1 fully saturated rings. The van der Waals surface area contributed by atoms with E-state index in [2.05, 4.69) is 9.97 Å². The number of piperidine rings is 1. The molecule has 5 heteroatoms. The van der Waals surface area contributed by atoms with Crippen molar-refractivity contribution < 1.29 is 9.59 Å². The number of Topliss-reactive ketones (excluding diaryl/α,β-unsaturated/α-hetero) is 1. The van der Waals surface area contributed by atoms with Crippen LogP contribution in [-0.4, -0.2) is 39.6 Å². The maximum atomic E-state index is 12.2. The van der Waals surface area contributed by atoms with Crippen LogP contribution in [0, 0.1) is 11.8 Å². The molecule has 0 aliphatic carbocycles. The number of rotatable bonds is 3. The smallest absolute Gasteiger partial charge is 0.256 e. The molecule has 0 radical (unpaired) electrons. The Morgan fingerprint density at radius 3 is 2.32 bits per heavy atom. The van der Waals surface area contributed by atoms with Gasteiger partial charge in [0.2, 0.25) is 0 Å². The van der Waals surface area contributed by atoms with E-state index < -0.39 is 0 Å². The number of hydrogen-bond donors (Lipinski definition) is 0. The molecule has 19 heavy (non-hydrogen) atoms. The number of aromatic nitrogens is 2. The highest BCUT2D eigenvalue weighted by atomic mass is 16.2. The fourth-order valence-electron chi connectivity index (χ4n) is 2.43. The summed E-state index contributed by atoms with van der Waals surface area (Å²) in [5, 5.41) is 0. The van der Waals surface area contributed by atoms with Crippen LogP contribution in [0.5, 0.6) is 0 Å². The standard InChI is InChI=1S/C14H19N3O2/c1-10(2)13(18)11-3-5-17(6-4-11)14(19)12-7-15-9-16-8-12/h7-11H,3-6H2,1-2H3. The Bertz CT molecular complexity index is 451. The number of likely N-dealkylation sites (tertiary alicyclic amines) is 1. The normalized spacial score (nSPS) is 16.7. The zero-order valence-corrected chi connectivity index (χ0v) is 11.4. The highest BCUT2D eigenvalue weighted by molar-refractivity contribution is 5.93. The van der Waals surface area contributed by atoms with Crippen molar-refractivity contribution in [3.05, 3.63) is 24.3 Å². The van der Waals surface area contributed by atoms with E-state index in [9.17, 15) is 9.59 Å². The van der Waals surface area contributed by atoms with Crippen molar-refractivity contribution in [1.82, 2.24) is 14.9 Å². The largest absolute Gasteiger partial charge is 0.339 e. The van der Waals surface area contributed by atoms with E-state index in [0.717, 1.165) is 12.8 Å². The lowest BCUT2D eigenvalue weighted by atomic mass is 9.87. The second-order valence-electron chi connectivity index (χ2n) is 5.25. The Hall–Kier alpha value is -1.78. The van der Waals surface area contributed by atoms with Gasteiger partial charge in [-0.15, -0.1) is 0 Å². The Morgan fingerprint density at radius 1 is 1.21 bits per heavy atom. The number of amides is 1. The molecule has 0 aromatic carbocycles. The maximum Gasteiger partial charge on any atom is 0.256 e. The van der Waals surface area contributed by atoms with Gasteiger partial charge < -0.3 is 4.90 Å². The number of ketones is 1. The quantitative estimate of drug-likeness (QED) is 0.828. The summed E-state index contributed by atoms with van der Waals surface area (Å²) < 4.78 is 0. The van der Waals surface area contributed by atoms with Gasteiger partial charge >= 0.3 is 0 Å². The Balaban J connectivity index is 1.94. The first-order valence-corrected chi connectivity index (χ1v) is 6.67. The summed E-state index contributed by atoms with van der Waals surface area (Å²) >= 11 is 0. The SMILES string of the molecule is CC(C)C(=O)C1CCN(C(=O)c2cncnc2)CC1. The molecule has 0 saturated carbocycles. The van der Waals surface area contributed by atoms with Crippen LogP contribution < -0.4 is 0 Å². The van der Waals surface area contributed by atoms with Gasteiger partial charge in [0.15, 0.2) is 0 Å². The fraction of sp³-hybridized carbons (Fsp3) is 0.571. The van der Waals surface area contributed by atoms with Gasteiger partial charge in [-0.05, 0) is 12.8 Å². The second-order valence-corrected chi connectivity index (χ2v) is 5.25. The topological polar surface area (TPSA) is 63.2 Å². The molecule has 0 N–H and O–H groups in total. The molecule has 0 spiro atoms. The van der Waals surface area contributed by atoms with E-state index in [-0.39, 0.29) is 17.7 Å². The molecular formula is C14H19N3O2. The van der Waals surface area contributed by atoms with Gasteiger partial charge in [0.25, 0.3) is 5.91 Å². The van der Waals surface area contributed by atoms with Crippen molar-refractivity contribution in [1.29, 1.82) is 0 Å². The molecule has 5 nitrogen and oxygen atoms in total. The summed E-state index contributed by atoms with van der Waals surface area (Å²) in [6, 6.07) is 0. The molecule has 1 aromatic heterocycles. The highest BCUT2D eigenvalue weighted by Gasteiger charge is 2.28. The van der Waals surface area contributed by atoms with Crippen LogP contribution in [0.1, 0.15) is 37.0 Å². The number of carbonyl (C=O) groups excluding carboxylic acids is 2. The van der Waals surface area contributed by atoms with Gasteiger partial charge in [-0.25, -0.2) is 9.97 Å². The third-order valence-electron chi connectivity index (χ3n) is 3.56. The molecule has 2 rings (SSSR count). The molecule has 1 aliphatic rings. The zero-order chi connectivity index (χ0) is 13.8. The maximum absolute atomic E-state index is 12.2.